The summed E-state index contributed by atoms with van der Waals surface area (Å²) in [6, 6.07) is 15.0. The van der Waals surface area contributed by atoms with Crippen LogP contribution >= 0.6 is 0 Å². The van der Waals surface area contributed by atoms with Crippen LogP contribution in [-0.4, -0.2) is 32.0 Å². The first-order chi connectivity index (χ1) is 13.1. The molecule has 2 aromatic carbocycles. The first kappa shape index (κ1) is 17.9. The second kappa shape index (κ2) is 8.48. The molecule has 0 saturated heterocycles. The van der Waals surface area contributed by atoms with Gasteiger partial charge in [-0.25, -0.2) is 4.39 Å². The molecule has 0 radical (unpaired) electrons. The highest BCUT2D eigenvalue weighted by Crippen LogP contribution is 2.11. The van der Waals surface area contributed by atoms with E-state index in [2.05, 4.69) is 26.3 Å². The molecule has 27 heavy (non-hydrogen) atoms. The lowest BCUT2D eigenvalue weighted by Crippen LogP contribution is -2.42. The van der Waals surface area contributed by atoms with Crippen LogP contribution in [0.2, 0.25) is 0 Å². The summed E-state index contributed by atoms with van der Waals surface area (Å²) >= 11 is 0. The molecule has 2 N–H and O–H groups in total. The summed E-state index contributed by atoms with van der Waals surface area (Å²) in [5.41, 5.74) is 5.76. The molecule has 1 heterocycles. The molecule has 0 saturated carbocycles. The third-order valence-electron chi connectivity index (χ3n) is 3.37. The number of benzene rings is 2. The first-order valence-electron chi connectivity index (χ1n) is 7.96. The lowest BCUT2D eigenvalue weighted by atomic mass is 10.2. The Balaban J connectivity index is 1.48. The molecule has 0 atom stereocenters. The van der Waals surface area contributed by atoms with E-state index in [1.54, 1.807) is 6.07 Å². The Morgan fingerprint density at radius 3 is 2.67 bits per heavy atom. The van der Waals surface area contributed by atoms with Crippen molar-refractivity contribution in [2.75, 3.05) is 0 Å². The van der Waals surface area contributed by atoms with Crippen LogP contribution in [0.3, 0.4) is 0 Å². The van der Waals surface area contributed by atoms with Gasteiger partial charge in [-0.1, -0.05) is 42.5 Å². The van der Waals surface area contributed by atoms with Gasteiger partial charge < -0.3 is 0 Å². The van der Waals surface area contributed by atoms with E-state index in [0.29, 0.717) is 11.4 Å². The minimum absolute atomic E-state index is 0.215. The van der Waals surface area contributed by atoms with Crippen molar-refractivity contribution in [1.82, 2.24) is 31.1 Å². The number of nitrogens with zero attached hydrogens (tertiary/aromatic N) is 4. The monoisotopic (exact) mass is 366 g/mol. The van der Waals surface area contributed by atoms with Crippen LogP contribution in [-0.2, 0) is 16.1 Å². The Bertz CT molecular complexity index is 971. The average molecular weight is 366 g/mol. The zero-order valence-corrected chi connectivity index (χ0v) is 14.0. The van der Waals surface area contributed by atoms with Gasteiger partial charge in [-0.15, -0.1) is 10.2 Å². The van der Waals surface area contributed by atoms with Gasteiger partial charge in [0.25, 0.3) is 11.8 Å². The van der Waals surface area contributed by atoms with Crippen LogP contribution in [0, 0.1) is 5.82 Å². The Kier molecular flexibility index (Phi) is 5.63. The van der Waals surface area contributed by atoms with Crippen molar-refractivity contribution in [3.63, 3.8) is 0 Å². The Hall–Kier alpha value is -3.88. The van der Waals surface area contributed by atoms with E-state index in [-0.39, 0.29) is 6.54 Å². The smallest absolute Gasteiger partial charge is 0.262 e. The zero-order chi connectivity index (χ0) is 19.1. The molecule has 0 spiro atoms. The maximum absolute atomic E-state index is 13.1. The van der Waals surface area contributed by atoms with Crippen LogP contribution < -0.4 is 10.9 Å². The van der Waals surface area contributed by atoms with E-state index >= 15 is 0 Å². The molecule has 0 aliphatic rings. The number of amides is 2. The molecule has 0 bridgehead atoms. The number of hydrazine groups is 1. The highest BCUT2D eigenvalue weighted by Gasteiger charge is 2.09. The minimum Gasteiger partial charge on any atom is -0.271 e. The van der Waals surface area contributed by atoms with Gasteiger partial charge in [0, 0.05) is 11.6 Å². The number of aromatic nitrogens is 4. The molecule has 1 aromatic heterocycles. The summed E-state index contributed by atoms with van der Waals surface area (Å²) in [4.78, 5) is 24.7. The van der Waals surface area contributed by atoms with Crippen molar-refractivity contribution in [1.29, 1.82) is 0 Å². The summed E-state index contributed by atoms with van der Waals surface area (Å²) < 4.78 is 13.1. The fourth-order valence-electron chi connectivity index (χ4n) is 2.14. The number of tetrazole rings is 1. The summed E-state index contributed by atoms with van der Waals surface area (Å²) in [5, 5.41) is 11.8. The fraction of sp³-hybridized carbons (Fsp3) is 0.0556. The lowest BCUT2D eigenvalue weighted by Gasteiger charge is -2.04. The van der Waals surface area contributed by atoms with Gasteiger partial charge in [0.2, 0.25) is 5.82 Å². The van der Waals surface area contributed by atoms with Gasteiger partial charge in [0.15, 0.2) is 0 Å². The van der Waals surface area contributed by atoms with Gasteiger partial charge in [0.05, 0.1) is 0 Å². The zero-order valence-electron chi connectivity index (χ0n) is 14.0. The van der Waals surface area contributed by atoms with Crippen molar-refractivity contribution in [2.45, 2.75) is 6.54 Å². The summed E-state index contributed by atoms with van der Waals surface area (Å²) in [5.74, 6) is -1.10. The lowest BCUT2D eigenvalue weighted by molar-refractivity contribution is -0.127. The van der Waals surface area contributed by atoms with Crippen LogP contribution in [0.15, 0.2) is 60.7 Å². The Labute approximate surface area is 153 Å². The first-order valence-corrected chi connectivity index (χ1v) is 7.96. The number of hydrogen-bond acceptors (Lipinski definition) is 5. The summed E-state index contributed by atoms with van der Waals surface area (Å²) in [6.07, 6.45) is 2.60. The van der Waals surface area contributed by atoms with Crippen LogP contribution in [0.1, 0.15) is 5.56 Å². The normalized spacial score (nSPS) is 10.7. The maximum Gasteiger partial charge on any atom is 0.262 e. The molecule has 3 aromatic rings. The molecule has 2 amide bonds. The van der Waals surface area contributed by atoms with Crippen molar-refractivity contribution in [2.24, 2.45) is 0 Å². The van der Waals surface area contributed by atoms with Crippen molar-refractivity contribution >= 4 is 17.9 Å². The highest BCUT2D eigenvalue weighted by molar-refractivity contribution is 5.93. The molecule has 0 aliphatic heterocycles. The molecule has 3 rings (SSSR count). The largest absolute Gasteiger partial charge is 0.271 e. The quantitative estimate of drug-likeness (QED) is 0.524. The van der Waals surface area contributed by atoms with Crippen LogP contribution in [0.5, 0.6) is 0 Å². The standard InChI is InChI=1S/C18H15FN6O2/c19-15-8-4-5-13(11-15)9-10-16(26)20-21-17(27)12-25-23-18(22-24-25)14-6-2-1-3-7-14/h1-11H,12H2,(H,20,26)(H,21,27)/b10-9+. The van der Waals surface area contributed by atoms with E-state index in [9.17, 15) is 14.0 Å². The molecule has 0 aliphatic carbocycles. The van der Waals surface area contributed by atoms with Gasteiger partial charge in [-0.05, 0) is 29.0 Å². The Morgan fingerprint density at radius 2 is 1.89 bits per heavy atom. The van der Waals surface area contributed by atoms with Gasteiger partial charge in [0.1, 0.15) is 12.4 Å². The minimum atomic E-state index is -0.566. The van der Waals surface area contributed by atoms with E-state index < -0.39 is 17.6 Å². The van der Waals surface area contributed by atoms with E-state index in [4.69, 9.17) is 0 Å². The molecular formula is C18H15FN6O2. The highest BCUT2D eigenvalue weighted by atomic mass is 19.1. The number of nitrogens with one attached hydrogen (secondary N) is 2. The van der Waals surface area contributed by atoms with Gasteiger partial charge >= 0.3 is 0 Å². The van der Waals surface area contributed by atoms with Gasteiger partial charge in [-0.3, -0.25) is 20.4 Å². The predicted octanol–water partition coefficient (Wildman–Crippen LogP) is 1.34. The third kappa shape index (κ3) is 5.30. The molecule has 136 valence electrons. The number of halogens is 1. The van der Waals surface area contributed by atoms with Crippen molar-refractivity contribution < 1.29 is 14.0 Å². The maximum atomic E-state index is 13.1. The van der Waals surface area contributed by atoms with Crippen molar-refractivity contribution in [3.05, 3.63) is 72.1 Å². The van der Waals surface area contributed by atoms with E-state index in [1.165, 1.54) is 30.4 Å². The summed E-state index contributed by atoms with van der Waals surface area (Å²) in [6.45, 7) is -0.215. The second-order valence-corrected chi connectivity index (χ2v) is 5.44. The number of rotatable bonds is 5. The average Bonchev–Trinajstić information content (AvgIpc) is 3.14. The number of carbonyl (C=O) groups excluding carboxylic acids is 2. The third-order valence-corrected chi connectivity index (χ3v) is 3.37. The topological polar surface area (TPSA) is 102 Å². The Morgan fingerprint density at radius 1 is 1.07 bits per heavy atom. The second-order valence-electron chi connectivity index (χ2n) is 5.44. The number of hydrogen-bond donors (Lipinski definition) is 2. The number of carbonyl (C=O) groups is 2. The summed E-state index contributed by atoms with van der Waals surface area (Å²) in [7, 11) is 0. The fourth-order valence-corrected chi connectivity index (χ4v) is 2.14. The molecule has 0 unspecified atom stereocenters. The van der Waals surface area contributed by atoms with E-state index in [0.717, 1.165) is 10.4 Å². The molecular weight excluding hydrogens is 351 g/mol. The molecule has 8 nitrogen and oxygen atoms in total. The SMILES string of the molecule is O=C(/C=C/c1cccc(F)c1)NNC(=O)Cn1nnc(-c2ccccc2)n1. The van der Waals surface area contributed by atoms with Crippen LogP contribution in [0.25, 0.3) is 17.5 Å². The predicted molar refractivity (Wildman–Crippen MR) is 95.0 cm³/mol. The molecule has 0 fully saturated rings. The van der Waals surface area contributed by atoms with Crippen molar-refractivity contribution in [3.8, 4) is 11.4 Å². The molecule has 9 heteroatoms. The van der Waals surface area contributed by atoms with Crippen LogP contribution in [0.4, 0.5) is 4.39 Å². The van der Waals surface area contributed by atoms with Gasteiger partial charge in [-0.2, -0.15) is 4.80 Å². The van der Waals surface area contributed by atoms with E-state index in [1.807, 2.05) is 30.3 Å².